The van der Waals surface area contributed by atoms with Gasteiger partial charge in [0.05, 0.1) is 14.2 Å². The first-order valence-corrected chi connectivity index (χ1v) is 8.22. The number of hydrogen-bond acceptors (Lipinski definition) is 3. The molecule has 0 aliphatic heterocycles. The van der Waals surface area contributed by atoms with E-state index in [9.17, 15) is 0 Å². The van der Waals surface area contributed by atoms with Gasteiger partial charge in [-0.25, -0.2) is 0 Å². The van der Waals surface area contributed by atoms with Gasteiger partial charge in [0.25, 0.3) is 0 Å². The van der Waals surface area contributed by atoms with Crippen molar-refractivity contribution in [1.82, 2.24) is 5.32 Å². The minimum Gasteiger partial charge on any atom is -0.493 e. The van der Waals surface area contributed by atoms with Crippen molar-refractivity contribution in [2.75, 3.05) is 32.6 Å². The third kappa shape index (κ3) is 6.22. The lowest BCUT2D eigenvalue weighted by Crippen LogP contribution is -2.30. The highest BCUT2D eigenvalue weighted by atomic mass is 127. The fourth-order valence-electron chi connectivity index (χ4n) is 2.63. The van der Waals surface area contributed by atoms with Gasteiger partial charge in [-0.2, -0.15) is 0 Å². The van der Waals surface area contributed by atoms with E-state index >= 15 is 0 Å². The molecule has 0 spiro atoms. The molecule has 2 N–H and O–H groups in total. The first-order valence-electron chi connectivity index (χ1n) is 8.22. The van der Waals surface area contributed by atoms with E-state index < -0.39 is 0 Å². The lowest BCUT2D eigenvalue weighted by Gasteiger charge is -2.14. The maximum absolute atomic E-state index is 5.33. The van der Waals surface area contributed by atoms with E-state index in [2.05, 4.69) is 28.6 Å². The van der Waals surface area contributed by atoms with E-state index in [0.717, 1.165) is 31.2 Å². The number of hydrogen-bond donors (Lipinski definition) is 2. The van der Waals surface area contributed by atoms with Crippen molar-refractivity contribution >= 4 is 35.6 Å². The Morgan fingerprint density at radius 1 is 1.21 bits per heavy atom. The van der Waals surface area contributed by atoms with Gasteiger partial charge in [-0.3, -0.25) is 4.99 Å². The monoisotopic (exact) mass is 445 g/mol. The van der Waals surface area contributed by atoms with Crippen LogP contribution in [-0.2, 0) is 0 Å². The number of halogens is 1. The molecule has 0 saturated carbocycles. The van der Waals surface area contributed by atoms with Gasteiger partial charge in [-0.15, -0.1) is 24.0 Å². The van der Waals surface area contributed by atoms with Crippen molar-refractivity contribution in [1.29, 1.82) is 0 Å². The van der Waals surface area contributed by atoms with Crippen LogP contribution in [-0.4, -0.2) is 33.3 Å². The fourth-order valence-corrected chi connectivity index (χ4v) is 2.63. The number of methoxy groups -OCH3 is 2. The van der Waals surface area contributed by atoms with Crippen LogP contribution in [0.25, 0.3) is 0 Å². The van der Waals surface area contributed by atoms with Gasteiger partial charge in [0, 0.05) is 24.8 Å². The molecule has 134 valence electrons. The largest absolute Gasteiger partial charge is 0.493 e. The van der Waals surface area contributed by atoms with Crippen molar-refractivity contribution in [2.45, 2.75) is 32.6 Å². The van der Waals surface area contributed by atoms with Crippen LogP contribution in [0.4, 0.5) is 5.69 Å². The summed E-state index contributed by atoms with van der Waals surface area (Å²) >= 11 is 0. The third-order valence-corrected chi connectivity index (χ3v) is 3.83. The SMILES string of the molecule is CCNC(=NCCC1=CCCC1)Nc1ccc(OC)c(OC)c1.I. The van der Waals surface area contributed by atoms with Gasteiger partial charge < -0.3 is 20.1 Å². The highest BCUT2D eigenvalue weighted by molar-refractivity contribution is 14.0. The summed E-state index contributed by atoms with van der Waals surface area (Å²) in [6.45, 7) is 3.68. The van der Waals surface area contributed by atoms with Crippen molar-refractivity contribution in [3.05, 3.63) is 29.8 Å². The Morgan fingerprint density at radius 3 is 2.62 bits per heavy atom. The molecule has 0 saturated heterocycles. The van der Waals surface area contributed by atoms with E-state index in [4.69, 9.17) is 9.47 Å². The minimum absolute atomic E-state index is 0. The van der Waals surface area contributed by atoms with Gasteiger partial charge in [0.15, 0.2) is 17.5 Å². The summed E-state index contributed by atoms with van der Waals surface area (Å²) in [5.41, 5.74) is 2.46. The maximum Gasteiger partial charge on any atom is 0.195 e. The quantitative estimate of drug-likeness (QED) is 0.286. The van der Waals surface area contributed by atoms with Crippen molar-refractivity contribution in [3.63, 3.8) is 0 Å². The molecule has 0 unspecified atom stereocenters. The molecule has 1 aromatic rings. The summed E-state index contributed by atoms with van der Waals surface area (Å²) in [5.74, 6) is 2.20. The molecule has 24 heavy (non-hydrogen) atoms. The molecule has 0 radical (unpaired) electrons. The molecular formula is C18H28IN3O2. The number of anilines is 1. The van der Waals surface area contributed by atoms with Crippen LogP contribution in [0.3, 0.4) is 0 Å². The topological polar surface area (TPSA) is 54.9 Å². The molecule has 1 aliphatic rings. The molecule has 0 amide bonds. The number of allylic oxidation sites excluding steroid dienone is 1. The second-order valence-electron chi connectivity index (χ2n) is 5.46. The summed E-state index contributed by atoms with van der Waals surface area (Å²) in [4.78, 5) is 4.65. The standard InChI is InChI=1S/C18H27N3O2.HI/c1-4-19-18(20-12-11-14-7-5-6-8-14)21-15-9-10-16(22-2)17(13-15)23-3;/h7,9-10,13H,4-6,8,11-12H2,1-3H3,(H2,19,20,21);1H. The first kappa shape index (κ1) is 20.6. The average Bonchev–Trinajstić information content (AvgIpc) is 3.08. The summed E-state index contributed by atoms with van der Waals surface area (Å²) in [6, 6.07) is 5.74. The van der Waals surface area contributed by atoms with Crippen LogP contribution in [0.5, 0.6) is 11.5 Å². The molecule has 0 heterocycles. The minimum atomic E-state index is 0. The Morgan fingerprint density at radius 2 is 2.00 bits per heavy atom. The van der Waals surface area contributed by atoms with Crippen LogP contribution < -0.4 is 20.1 Å². The molecule has 0 bridgehead atoms. The fraction of sp³-hybridized carbons (Fsp3) is 0.500. The molecule has 6 heteroatoms. The first-order chi connectivity index (χ1) is 11.3. The maximum atomic E-state index is 5.33. The van der Waals surface area contributed by atoms with Gasteiger partial charge in [0.1, 0.15) is 0 Å². The molecule has 0 atom stereocenters. The van der Waals surface area contributed by atoms with Gasteiger partial charge in [0.2, 0.25) is 0 Å². The summed E-state index contributed by atoms with van der Waals surface area (Å²) < 4.78 is 10.6. The number of guanidine groups is 1. The van der Waals surface area contributed by atoms with Crippen molar-refractivity contribution in [2.24, 2.45) is 4.99 Å². The Bertz CT molecular complexity index is 573. The lowest BCUT2D eigenvalue weighted by atomic mass is 10.2. The Labute approximate surface area is 161 Å². The molecule has 5 nitrogen and oxygen atoms in total. The molecule has 0 fully saturated rings. The second-order valence-corrected chi connectivity index (χ2v) is 5.46. The van der Waals surface area contributed by atoms with Gasteiger partial charge >= 0.3 is 0 Å². The molecule has 0 aromatic heterocycles. The van der Waals surface area contributed by atoms with E-state index in [1.165, 1.54) is 24.8 Å². The van der Waals surface area contributed by atoms with Crippen molar-refractivity contribution in [3.8, 4) is 11.5 Å². The predicted octanol–water partition coefficient (Wildman–Crippen LogP) is 4.20. The average molecular weight is 445 g/mol. The lowest BCUT2D eigenvalue weighted by molar-refractivity contribution is 0.355. The van der Waals surface area contributed by atoms with Crippen molar-refractivity contribution < 1.29 is 9.47 Å². The van der Waals surface area contributed by atoms with Crippen LogP contribution in [0, 0.1) is 0 Å². The van der Waals surface area contributed by atoms with Crippen LogP contribution in [0.1, 0.15) is 32.6 Å². The summed E-state index contributed by atoms with van der Waals surface area (Å²) in [6.07, 6.45) is 7.15. The zero-order valence-corrected chi connectivity index (χ0v) is 17.1. The number of benzene rings is 1. The molecular weight excluding hydrogens is 417 g/mol. The Balaban J connectivity index is 0.00000288. The molecule has 2 rings (SSSR count). The highest BCUT2D eigenvalue weighted by Crippen LogP contribution is 2.29. The van der Waals surface area contributed by atoms with E-state index in [0.29, 0.717) is 11.5 Å². The van der Waals surface area contributed by atoms with Crippen LogP contribution in [0.2, 0.25) is 0 Å². The van der Waals surface area contributed by atoms with E-state index in [1.54, 1.807) is 14.2 Å². The Kier molecular flexibility index (Phi) is 9.59. The number of rotatable bonds is 7. The normalized spacial score (nSPS) is 13.8. The number of nitrogens with zero attached hydrogens (tertiary/aromatic N) is 1. The van der Waals surface area contributed by atoms with Crippen LogP contribution in [0.15, 0.2) is 34.8 Å². The Hall–Kier alpha value is -1.44. The summed E-state index contributed by atoms with van der Waals surface area (Å²) in [7, 11) is 3.27. The van der Waals surface area contributed by atoms with Crippen LogP contribution >= 0.6 is 24.0 Å². The molecule has 1 aliphatic carbocycles. The highest BCUT2D eigenvalue weighted by Gasteiger charge is 2.07. The van der Waals surface area contributed by atoms with Gasteiger partial charge in [-0.1, -0.05) is 11.6 Å². The smallest absolute Gasteiger partial charge is 0.195 e. The number of aliphatic imine (C=N–C) groups is 1. The zero-order chi connectivity index (χ0) is 16.5. The molecule has 1 aromatic carbocycles. The van der Waals surface area contributed by atoms with E-state index in [-0.39, 0.29) is 24.0 Å². The second kappa shape index (κ2) is 11.2. The van der Waals surface area contributed by atoms with E-state index in [1.807, 2.05) is 18.2 Å². The van der Waals surface area contributed by atoms with Gasteiger partial charge in [-0.05, 0) is 44.7 Å². The number of nitrogens with one attached hydrogen (secondary N) is 2. The number of ether oxygens (including phenoxy) is 2. The summed E-state index contributed by atoms with van der Waals surface area (Å²) in [5, 5.41) is 6.59. The zero-order valence-electron chi connectivity index (χ0n) is 14.7. The predicted molar refractivity (Wildman–Crippen MR) is 111 cm³/mol. The third-order valence-electron chi connectivity index (χ3n) is 3.83.